The Labute approximate surface area is 555 Å². The lowest BCUT2D eigenvalue weighted by atomic mass is 9.34. The van der Waals surface area contributed by atoms with Crippen LogP contribution in [-0.2, 0) is 5.41 Å². The Bertz CT molecular complexity index is 5250. The van der Waals surface area contributed by atoms with Crippen molar-refractivity contribution in [3.63, 3.8) is 0 Å². The maximum absolute atomic E-state index is 7.63. The molecule has 3 aliphatic heterocycles. The van der Waals surface area contributed by atoms with Crippen molar-refractivity contribution in [3.8, 4) is 89.4 Å². The van der Waals surface area contributed by atoms with Crippen molar-refractivity contribution >= 4 is 57.2 Å². The van der Waals surface area contributed by atoms with Gasteiger partial charge in [0.1, 0.15) is 11.5 Å². The molecule has 0 radical (unpaired) electrons. The summed E-state index contributed by atoms with van der Waals surface area (Å²) in [5.41, 5.74) is 29.8. The number of anilines is 6. The molecule has 3 aliphatic rings. The van der Waals surface area contributed by atoms with Crippen LogP contribution in [0.4, 0.5) is 34.1 Å². The Hall–Kier alpha value is -12.2. The average molecular weight is 1210 g/mol. The molecular weight excluding hydrogens is 1150 g/mol. The molecule has 0 N–H and O–H groups in total. The van der Waals surface area contributed by atoms with Crippen molar-refractivity contribution < 1.29 is 4.74 Å². The highest BCUT2D eigenvalue weighted by Gasteiger charge is 2.48. The van der Waals surface area contributed by atoms with Gasteiger partial charge in [-0.25, -0.2) is 0 Å². The van der Waals surface area contributed by atoms with E-state index in [4.69, 9.17) is 4.74 Å². The van der Waals surface area contributed by atoms with Crippen LogP contribution in [0.3, 0.4) is 0 Å². The third-order valence-corrected chi connectivity index (χ3v) is 19.8. The van der Waals surface area contributed by atoms with E-state index >= 15 is 0 Å². The summed E-state index contributed by atoms with van der Waals surface area (Å²) >= 11 is 0. The van der Waals surface area contributed by atoms with Crippen molar-refractivity contribution in [1.82, 2.24) is 0 Å². The lowest BCUT2D eigenvalue weighted by Gasteiger charge is -2.46. The zero-order valence-electron chi connectivity index (χ0n) is 52.1. The molecule has 15 aromatic rings. The lowest BCUT2D eigenvalue weighted by Crippen LogP contribution is -2.59. The number of hydrogen-bond donors (Lipinski definition) is 0. The Morgan fingerprint density at radius 1 is 0.242 bits per heavy atom. The van der Waals surface area contributed by atoms with Crippen molar-refractivity contribution in [2.45, 2.75) is 5.41 Å². The van der Waals surface area contributed by atoms with E-state index in [1.807, 2.05) is 0 Å². The molecule has 444 valence electrons. The smallest absolute Gasteiger partial charge is 0.256 e. The molecule has 95 heavy (non-hydrogen) atoms. The predicted octanol–water partition coefficient (Wildman–Crippen LogP) is 21.9. The van der Waals surface area contributed by atoms with Gasteiger partial charge in [-0.15, -0.1) is 0 Å². The highest BCUT2D eigenvalue weighted by Crippen LogP contribution is 2.59. The van der Waals surface area contributed by atoms with Crippen molar-refractivity contribution in [2.24, 2.45) is 0 Å². The van der Waals surface area contributed by atoms with Gasteiger partial charge in [-0.2, -0.15) is 0 Å². The van der Waals surface area contributed by atoms with Crippen molar-refractivity contribution in [2.75, 3.05) is 9.80 Å². The summed E-state index contributed by atoms with van der Waals surface area (Å²) in [6.45, 7) is -0.224. The second-order valence-electron chi connectivity index (χ2n) is 25.0. The molecule has 0 aliphatic carbocycles. The number of benzene rings is 15. The normalized spacial score (nSPS) is 12.9. The topological polar surface area (TPSA) is 15.7 Å². The predicted molar refractivity (Wildman–Crippen MR) is 397 cm³/mol. The minimum atomic E-state index is -0.729. The molecule has 0 aromatic heterocycles. The minimum absolute atomic E-state index is 0.224. The quantitative estimate of drug-likeness (QED) is 0.120. The molecule has 0 atom stereocenters. The molecule has 15 aromatic carbocycles. The summed E-state index contributed by atoms with van der Waals surface area (Å²) < 4.78 is 7.63. The van der Waals surface area contributed by atoms with E-state index in [9.17, 15) is 0 Å². The molecule has 0 fully saturated rings. The monoisotopic (exact) mass is 1210 g/mol. The number of para-hydroxylation sites is 3. The Kier molecular flexibility index (Phi) is 13.6. The number of rotatable bonds is 11. The fourth-order valence-electron chi connectivity index (χ4n) is 15.5. The second kappa shape index (κ2) is 23.2. The van der Waals surface area contributed by atoms with Crippen LogP contribution in [0.15, 0.2) is 370 Å². The summed E-state index contributed by atoms with van der Waals surface area (Å²) in [6, 6.07) is 136. The van der Waals surface area contributed by atoms with E-state index in [0.717, 1.165) is 123 Å². The molecule has 0 bridgehead atoms. The Morgan fingerprint density at radius 2 is 0.663 bits per heavy atom. The molecule has 0 saturated carbocycles. The molecule has 18 rings (SSSR count). The van der Waals surface area contributed by atoms with Gasteiger partial charge >= 0.3 is 0 Å². The SMILES string of the molecule is c1ccc(-c2cccc(-c3cccc(-c4cccc(-c5ccccc5)c4)c3N3c4ccc(-c5ccccc5)cc4B4c5cc(-c6ccccc6)ccc5Oc5cc(-c6ccc7c(c6)C(c6ccccc6)(c6ccccc6)c6ccccc6N7c6ccccc6)cc3c54)c2)cc1. The first kappa shape index (κ1) is 55.6. The molecular formula is C91H61BN2O. The maximum atomic E-state index is 7.63. The van der Waals surface area contributed by atoms with Crippen LogP contribution < -0.4 is 30.9 Å². The Balaban J connectivity index is 0.948. The van der Waals surface area contributed by atoms with Crippen LogP contribution in [0, 0.1) is 0 Å². The molecule has 0 amide bonds. The second-order valence-corrected chi connectivity index (χ2v) is 25.0. The molecule has 4 heteroatoms. The minimum Gasteiger partial charge on any atom is -0.458 e. The average Bonchev–Trinajstić information content (AvgIpc) is 0.702. The highest BCUT2D eigenvalue weighted by atomic mass is 16.5. The van der Waals surface area contributed by atoms with Crippen molar-refractivity contribution in [1.29, 1.82) is 0 Å². The van der Waals surface area contributed by atoms with Gasteiger partial charge in [-0.1, -0.05) is 303 Å². The molecule has 0 spiro atoms. The van der Waals surface area contributed by atoms with Gasteiger partial charge in [-0.05, 0) is 172 Å². The van der Waals surface area contributed by atoms with Crippen LogP contribution >= 0.6 is 0 Å². The van der Waals surface area contributed by atoms with Gasteiger partial charge in [0.15, 0.2) is 0 Å². The summed E-state index contributed by atoms with van der Waals surface area (Å²) in [5.74, 6) is 1.67. The molecule has 3 heterocycles. The van der Waals surface area contributed by atoms with E-state index < -0.39 is 5.41 Å². The van der Waals surface area contributed by atoms with E-state index in [0.29, 0.717) is 0 Å². The van der Waals surface area contributed by atoms with E-state index in [-0.39, 0.29) is 6.71 Å². The third kappa shape index (κ3) is 9.36. The number of fused-ring (bicyclic) bond motifs is 6. The van der Waals surface area contributed by atoms with Crippen LogP contribution in [0.5, 0.6) is 11.5 Å². The first-order valence-electron chi connectivity index (χ1n) is 32.8. The number of hydrogen-bond acceptors (Lipinski definition) is 3. The van der Waals surface area contributed by atoms with Crippen LogP contribution in [0.2, 0.25) is 0 Å². The maximum Gasteiger partial charge on any atom is 0.256 e. The van der Waals surface area contributed by atoms with Gasteiger partial charge in [0.05, 0.1) is 22.5 Å². The fourth-order valence-corrected chi connectivity index (χ4v) is 15.5. The summed E-state index contributed by atoms with van der Waals surface area (Å²) in [6.07, 6.45) is 0. The van der Waals surface area contributed by atoms with E-state index in [2.05, 4.69) is 380 Å². The van der Waals surface area contributed by atoms with Crippen LogP contribution in [0.1, 0.15) is 22.3 Å². The molecule has 0 unspecified atom stereocenters. The Morgan fingerprint density at radius 3 is 1.22 bits per heavy atom. The van der Waals surface area contributed by atoms with Gasteiger partial charge in [0, 0.05) is 28.2 Å². The summed E-state index contributed by atoms with van der Waals surface area (Å²) in [5, 5.41) is 0. The highest BCUT2D eigenvalue weighted by molar-refractivity contribution is 6.99. The largest absolute Gasteiger partial charge is 0.458 e. The third-order valence-electron chi connectivity index (χ3n) is 19.8. The summed E-state index contributed by atoms with van der Waals surface area (Å²) in [4.78, 5) is 5.07. The summed E-state index contributed by atoms with van der Waals surface area (Å²) in [7, 11) is 0. The first-order valence-corrected chi connectivity index (χ1v) is 32.8. The van der Waals surface area contributed by atoms with E-state index in [1.165, 1.54) is 38.8 Å². The van der Waals surface area contributed by atoms with Crippen LogP contribution in [-0.4, -0.2) is 6.71 Å². The van der Waals surface area contributed by atoms with Gasteiger partial charge in [0.2, 0.25) is 0 Å². The van der Waals surface area contributed by atoms with Gasteiger partial charge < -0.3 is 14.5 Å². The standard InChI is InChI=1S/C91H61BN2O/c1-8-27-62(28-9-1)66-35-24-37-71(55-66)77-45-26-46-78(72-38-25-36-67(56-72)63-29-10-2-11-30-63)90(77)94-85-53-50-69(64-31-12-3-13-32-64)58-81(85)92-82-59-70(65-33-14-4-15-34-65)51-54-87(82)95-88-61-73(60-86(94)89(88)92)68-49-52-84-80(57-68)91(74-39-16-5-17-40-74,75-41-18-6-19-42-75)79-47-22-23-48-83(79)93(84)76-43-20-7-21-44-76/h1-61H. The zero-order chi connectivity index (χ0) is 62.8. The van der Waals surface area contributed by atoms with E-state index in [1.54, 1.807) is 0 Å². The van der Waals surface area contributed by atoms with Gasteiger partial charge in [0.25, 0.3) is 6.71 Å². The fraction of sp³-hybridized carbons (Fsp3) is 0.0110. The number of nitrogens with zero attached hydrogens (tertiary/aromatic N) is 2. The van der Waals surface area contributed by atoms with Crippen LogP contribution in [0.25, 0.3) is 77.9 Å². The lowest BCUT2D eigenvalue weighted by molar-refractivity contribution is 0.488. The molecule has 0 saturated heterocycles. The van der Waals surface area contributed by atoms with Gasteiger partial charge in [-0.3, -0.25) is 0 Å². The first-order chi connectivity index (χ1) is 47.1. The van der Waals surface area contributed by atoms with Crippen molar-refractivity contribution in [3.05, 3.63) is 392 Å². The number of ether oxygens (including phenoxy) is 1. The zero-order valence-corrected chi connectivity index (χ0v) is 52.1. The molecule has 3 nitrogen and oxygen atoms in total.